The Balaban J connectivity index is 2.75. The minimum Gasteiger partial charge on any atom is -0.461 e. The second-order valence-electron chi connectivity index (χ2n) is 3.44. The molecule has 0 aromatic heterocycles. The molecular weight excluding hydrogens is 240 g/mol. The molecule has 17 heavy (non-hydrogen) atoms. The second kappa shape index (κ2) is 6.25. The molecule has 0 saturated carbocycles. The van der Waals surface area contributed by atoms with Crippen molar-refractivity contribution in [3.05, 3.63) is 28.8 Å². The summed E-state index contributed by atoms with van der Waals surface area (Å²) in [5.41, 5.74) is 4.71. The Hall–Kier alpha value is -1.55. The molecule has 0 spiro atoms. The first kappa shape index (κ1) is 13.5. The minimum atomic E-state index is -0.431. The van der Waals surface area contributed by atoms with Gasteiger partial charge in [0.15, 0.2) is 0 Å². The monoisotopic (exact) mass is 254 g/mol. The van der Waals surface area contributed by atoms with Gasteiger partial charge in [-0.2, -0.15) is 5.10 Å². The van der Waals surface area contributed by atoms with Gasteiger partial charge in [0, 0.05) is 5.02 Å². The molecule has 0 aliphatic rings. The largest absolute Gasteiger partial charge is 0.461 e. The average Bonchev–Trinajstić information content (AvgIpc) is 2.31. The lowest BCUT2D eigenvalue weighted by Crippen LogP contribution is -2.15. The van der Waals surface area contributed by atoms with E-state index in [1.807, 2.05) is 19.1 Å². The average molecular weight is 255 g/mol. The van der Waals surface area contributed by atoms with E-state index in [-0.39, 0.29) is 5.71 Å². The smallest absolute Gasteiger partial charge is 0.354 e. The van der Waals surface area contributed by atoms with Crippen molar-refractivity contribution >= 4 is 29.0 Å². The number of benzene rings is 1. The molecule has 0 saturated heterocycles. The Labute approximate surface area is 106 Å². The SMILES string of the molecule is CCOC(=O)C(C)=NNc1cccc(Cl)c1C. The first-order valence-corrected chi connectivity index (χ1v) is 5.66. The van der Waals surface area contributed by atoms with E-state index in [1.54, 1.807) is 19.9 Å². The molecule has 0 unspecified atom stereocenters. The molecule has 1 aromatic carbocycles. The summed E-state index contributed by atoms with van der Waals surface area (Å²) in [6, 6.07) is 5.44. The Kier molecular flexibility index (Phi) is 4.97. The zero-order valence-corrected chi connectivity index (χ0v) is 10.8. The molecule has 0 amide bonds. The molecule has 1 rings (SSSR count). The molecule has 0 bridgehead atoms. The maximum absolute atomic E-state index is 11.3. The number of carbonyl (C=O) groups is 1. The van der Waals surface area contributed by atoms with Crippen LogP contribution in [-0.2, 0) is 9.53 Å². The molecular formula is C12H15ClN2O2. The maximum Gasteiger partial charge on any atom is 0.354 e. The van der Waals surface area contributed by atoms with Gasteiger partial charge in [0.05, 0.1) is 12.3 Å². The molecule has 0 radical (unpaired) electrons. The highest BCUT2D eigenvalue weighted by molar-refractivity contribution is 6.35. The van der Waals surface area contributed by atoms with Crippen LogP contribution in [0.25, 0.3) is 0 Å². The van der Waals surface area contributed by atoms with E-state index in [1.165, 1.54) is 0 Å². The van der Waals surface area contributed by atoms with Crippen molar-refractivity contribution < 1.29 is 9.53 Å². The number of halogens is 1. The van der Waals surface area contributed by atoms with Crippen molar-refractivity contribution in [1.29, 1.82) is 0 Å². The Morgan fingerprint density at radius 2 is 2.24 bits per heavy atom. The third kappa shape index (κ3) is 3.75. The molecule has 1 N–H and O–H groups in total. The molecule has 4 nitrogen and oxygen atoms in total. The van der Waals surface area contributed by atoms with Crippen molar-refractivity contribution in [2.24, 2.45) is 5.10 Å². The molecule has 0 aliphatic carbocycles. The van der Waals surface area contributed by atoms with Crippen molar-refractivity contribution in [2.45, 2.75) is 20.8 Å². The van der Waals surface area contributed by atoms with E-state index in [9.17, 15) is 4.79 Å². The number of nitrogens with one attached hydrogen (secondary N) is 1. The Morgan fingerprint density at radius 3 is 2.88 bits per heavy atom. The summed E-state index contributed by atoms with van der Waals surface area (Å²) in [5.74, 6) is -0.431. The van der Waals surface area contributed by atoms with E-state index < -0.39 is 5.97 Å². The number of nitrogens with zero attached hydrogens (tertiary/aromatic N) is 1. The Morgan fingerprint density at radius 1 is 1.53 bits per heavy atom. The van der Waals surface area contributed by atoms with E-state index in [4.69, 9.17) is 16.3 Å². The van der Waals surface area contributed by atoms with Crippen LogP contribution in [0.5, 0.6) is 0 Å². The number of anilines is 1. The van der Waals surface area contributed by atoms with Crippen LogP contribution in [0.3, 0.4) is 0 Å². The van der Waals surface area contributed by atoms with Gasteiger partial charge >= 0.3 is 5.97 Å². The fourth-order valence-corrected chi connectivity index (χ4v) is 1.33. The van der Waals surface area contributed by atoms with Gasteiger partial charge in [-0.05, 0) is 38.5 Å². The fourth-order valence-electron chi connectivity index (χ4n) is 1.15. The second-order valence-corrected chi connectivity index (χ2v) is 3.85. The van der Waals surface area contributed by atoms with Gasteiger partial charge < -0.3 is 4.74 Å². The molecule has 1 aromatic rings. The third-order valence-corrected chi connectivity index (χ3v) is 2.59. The first-order chi connectivity index (χ1) is 8.06. The van der Waals surface area contributed by atoms with Crippen LogP contribution in [0.1, 0.15) is 19.4 Å². The topological polar surface area (TPSA) is 50.7 Å². The van der Waals surface area contributed by atoms with Gasteiger partial charge in [-0.1, -0.05) is 17.7 Å². The van der Waals surface area contributed by atoms with Crippen LogP contribution < -0.4 is 5.43 Å². The summed E-state index contributed by atoms with van der Waals surface area (Å²) in [5, 5.41) is 4.60. The maximum atomic E-state index is 11.3. The van der Waals surface area contributed by atoms with Crippen LogP contribution in [0.2, 0.25) is 5.02 Å². The van der Waals surface area contributed by atoms with Crippen LogP contribution >= 0.6 is 11.6 Å². The van der Waals surface area contributed by atoms with Gasteiger partial charge in [-0.15, -0.1) is 0 Å². The van der Waals surface area contributed by atoms with Gasteiger partial charge in [-0.25, -0.2) is 4.79 Å². The van der Waals surface area contributed by atoms with E-state index in [0.29, 0.717) is 11.6 Å². The third-order valence-electron chi connectivity index (χ3n) is 2.18. The first-order valence-electron chi connectivity index (χ1n) is 5.28. The van der Waals surface area contributed by atoms with Crippen LogP contribution in [0.4, 0.5) is 5.69 Å². The van der Waals surface area contributed by atoms with Gasteiger partial charge in [0.2, 0.25) is 0 Å². The van der Waals surface area contributed by atoms with E-state index >= 15 is 0 Å². The summed E-state index contributed by atoms with van der Waals surface area (Å²) in [6.07, 6.45) is 0. The number of hydrogen-bond acceptors (Lipinski definition) is 4. The molecule has 5 heteroatoms. The molecule has 0 heterocycles. The number of hydrazone groups is 1. The predicted octanol–water partition coefficient (Wildman–Crippen LogP) is 3.00. The van der Waals surface area contributed by atoms with E-state index in [2.05, 4.69) is 10.5 Å². The van der Waals surface area contributed by atoms with Crippen LogP contribution in [0, 0.1) is 6.92 Å². The van der Waals surface area contributed by atoms with Crippen LogP contribution in [-0.4, -0.2) is 18.3 Å². The highest BCUT2D eigenvalue weighted by Crippen LogP contribution is 2.22. The highest BCUT2D eigenvalue weighted by Gasteiger charge is 2.06. The van der Waals surface area contributed by atoms with Crippen LogP contribution in [0.15, 0.2) is 23.3 Å². The zero-order chi connectivity index (χ0) is 12.8. The Bertz CT molecular complexity index is 444. The summed E-state index contributed by atoms with van der Waals surface area (Å²) >= 11 is 5.96. The molecule has 92 valence electrons. The number of ether oxygens (including phenoxy) is 1. The normalized spacial score (nSPS) is 11.2. The van der Waals surface area contributed by atoms with Gasteiger partial charge in [0.25, 0.3) is 0 Å². The molecule has 0 atom stereocenters. The quantitative estimate of drug-likeness (QED) is 0.511. The standard InChI is InChI=1S/C12H15ClN2O2/c1-4-17-12(16)9(3)14-15-11-7-5-6-10(13)8(11)2/h5-7,15H,4H2,1-3H3. The number of carbonyl (C=O) groups excluding carboxylic acids is 1. The predicted molar refractivity (Wildman–Crippen MR) is 69.6 cm³/mol. The van der Waals surface area contributed by atoms with Crippen molar-refractivity contribution in [3.8, 4) is 0 Å². The zero-order valence-electron chi connectivity index (χ0n) is 10.1. The molecule has 0 aliphatic heterocycles. The minimum absolute atomic E-state index is 0.270. The van der Waals surface area contributed by atoms with E-state index in [0.717, 1.165) is 11.3 Å². The summed E-state index contributed by atoms with van der Waals surface area (Å²) < 4.78 is 4.81. The number of hydrogen-bond donors (Lipinski definition) is 1. The summed E-state index contributed by atoms with van der Waals surface area (Å²) in [7, 11) is 0. The van der Waals surface area contributed by atoms with Crippen molar-refractivity contribution in [1.82, 2.24) is 0 Å². The lowest BCUT2D eigenvalue weighted by atomic mass is 10.2. The number of rotatable bonds is 4. The van der Waals surface area contributed by atoms with Gasteiger partial charge in [-0.3, -0.25) is 5.43 Å². The summed E-state index contributed by atoms with van der Waals surface area (Å²) in [6.45, 7) is 5.55. The van der Waals surface area contributed by atoms with Crippen molar-refractivity contribution in [3.63, 3.8) is 0 Å². The molecule has 0 fully saturated rings. The fraction of sp³-hybridized carbons (Fsp3) is 0.333. The lowest BCUT2D eigenvalue weighted by molar-refractivity contribution is -0.135. The lowest BCUT2D eigenvalue weighted by Gasteiger charge is -2.07. The number of esters is 1. The van der Waals surface area contributed by atoms with Crippen molar-refractivity contribution in [2.75, 3.05) is 12.0 Å². The highest BCUT2D eigenvalue weighted by atomic mass is 35.5. The summed E-state index contributed by atoms with van der Waals surface area (Å²) in [4.78, 5) is 11.3. The van der Waals surface area contributed by atoms with Gasteiger partial charge in [0.1, 0.15) is 5.71 Å².